The molecule has 0 spiro atoms. The van der Waals surface area contributed by atoms with Crippen molar-refractivity contribution in [3.8, 4) is 0 Å². The molecule has 2 rings (SSSR count). The number of nitrogens with two attached hydrogens (primary N) is 1. The van der Waals surface area contributed by atoms with Gasteiger partial charge in [0.05, 0.1) is 11.1 Å². The van der Waals surface area contributed by atoms with Crippen LogP contribution in [0.4, 0.5) is 4.39 Å². The van der Waals surface area contributed by atoms with E-state index in [4.69, 9.17) is 28.9 Å². The molecule has 1 aromatic carbocycles. The monoisotopic (exact) mass is 368 g/mol. The quantitative estimate of drug-likeness (QED) is 0.785. The first kappa shape index (κ1) is 19.5. The van der Waals surface area contributed by atoms with Gasteiger partial charge >= 0.3 is 0 Å². The lowest BCUT2D eigenvalue weighted by Crippen LogP contribution is -2.36. The number of carbonyl (C=O) groups is 1. The average molecular weight is 370 g/mol. The van der Waals surface area contributed by atoms with Crippen LogP contribution in [-0.2, 0) is 4.79 Å². The molecule has 0 aliphatic heterocycles. The van der Waals surface area contributed by atoms with Gasteiger partial charge in [-0.25, -0.2) is 4.39 Å². The molecule has 22 heavy (non-hydrogen) atoms. The number of rotatable bonds is 4. The highest BCUT2D eigenvalue weighted by Crippen LogP contribution is 2.34. The third-order valence-electron chi connectivity index (χ3n) is 4.17. The van der Waals surface area contributed by atoms with Crippen LogP contribution in [0, 0.1) is 17.7 Å². The summed E-state index contributed by atoms with van der Waals surface area (Å²) in [6.45, 7) is 2.25. The Labute approximate surface area is 146 Å². The molecule has 0 bridgehead atoms. The van der Waals surface area contributed by atoms with Gasteiger partial charge in [0.25, 0.3) is 0 Å². The largest absolute Gasteiger partial charge is 0.349 e. The van der Waals surface area contributed by atoms with Crippen molar-refractivity contribution >= 4 is 41.5 Å². The third kappa shape index (κ3) is 4.05. The molecular formula is C15H20Cl3FN2O. The molecule has 0 radical (unpaired) electrons. The van der Waals surface area contributed by atoms with Crippen LogP contribution in [0.2, 0.25) is 10.0 Å². The Morgan fingerprint density at radius 1 is 1.45 bits per heavy atom. The minimum absolute atomic E-state index is 0. The van der Waals surface area contributed by atoms with Gasteiger partial charge < -0.3 is 11.1 Å². The number of hydrogen-bond acceptors (Lipinski definition) is 2. The summed E-state index contributed by atoms with van der Waals surface area (Å²) in [5.41, 5.74) is 6.11. The molecule has 3 N–H and O–H groups in total. The summed E-state index contributed by atoms with van der Waals surface area (Å²) >= 11 is 12.0. The van der Waals surface area contributed by atoms with E-state index in [0.29, 0.717) is 17.1 Å². The molecule has 124 valence electrons. The highest BCUT2D eigenvalue weighted by Gasteiger charge is 2.33. The van der Waals surface area contributed by atoms with Crippen molar-refractivity contribution in [2.24, 2.45) is 17.6 Å². The van der Waals surface area contributed by atoms with Crippen molar-refractivity contribution in [1.82, 2.24) is 5.32 Å². The Morgan fingerprint density at radius 3 is 2.77 bits per heavy atom. The summed E-state index contributed by atoms with van der Waals surface area (Å²) in [7, 11) is 0. The minimum Gasteiger partial charge on any atom is -0.349 e. The Balaban J connectivity index is 0.00000242. The Morgan fingerprint density at radius 2 is 2.14 bits per heavy atom. The topological polar surface area (TPSA) is 55.1 Å². The van der Waals surface area contributed by atoms with E-state index in [1.54, 1.807) is 6.92 Å². The van der Waals surface area contributed by atoms with Crippen molar-refractivity contribution in [3.63, 3.8) is 0 Å². The number of amides is 1. The second-order valence-corrected chi connectivity index (χ2v) is 6.31. The van der Waals surface area contributed by atoms with E-state index < -0.39 is 11.9 Å². The normalized spacial score (nSPS) is 22.0. The van der Waals surface area contributed by atoms with Crippen molar-refractivity contribution in [2.75, 3.05) is 6.54 Å². The summed E-state index contributed by atoms with van der Waals surface area (Å²) in [5.74, 6) is -0.469. The summed E-state index contributed by atoms with van der Waals surface area (Å²) in [6, 6.07) is 2.20. The molecule has 3 nitrogen and oxygen atoms in total. The first-order chi connectivity index (χ1) is 9.95. The fourth-order valence-corrected chi connectivity index (χ4v) is 3.69. The second kappa shape index (κ2) is 8.34. The van der Waals surface area contributed by atoms with Crippen LogP contribution in [-0.4, -0.2) is 12.5 Å². The van der Waals surface area contributed by atoms with Gasteiger partial charge in [0, 0.05) is 16.5 Å². The Bertz CT molecular complexity index is 542. The number of carbonyl (C=O) groups excluding carboxylic acids is 1. The first-order valence-corrected chi connectivity index (χ1v) is 7.85. The lowest BCUT2D eigenvalue weighted by atomic mass is 9.94. The van der Waals surface area contributed by atoms with Gasteiger partial charge in [0.2, 0.25) is 5.91 Å². The molecule has 3 atom stereocenters. The zero-order chi connectivity index (χ0) is 15.6. The van der Waals surface area contributed by atoms with Crippen molar-refractivity contribution in [2.45, 2.75) is 32.2 Å². The van der Waals surface area contributed by atoms with Gasteiger partial charge in [-0.05, 0) is 44.4 Å². The molecule has 7 heteroatoms. The molecule has 1 unspecified atom stereocenters. The maximum Gasteiger partial charge on any atom is 0.223 e. The van der Waals surface area contributed by atoms with E-state index in [0.717, 1.165) is 19.3 Å². The number of hydrogen-bond donors (Lipinski definition) is 2. The molecule has 1 fully saturated rings. The van der Waals surface area contributed by atoms with Gasteiger partial charge in [0.1, 0.15) is 5.82 Å². The van der Waals surface area contributed by atoms with Crippen LogP contribution in [0.5, 0.6) is 0 Å². The van der Waals surface area contributed by atoms with Crippen LogP contribution in [0.25, 0.3) is 0 Å². The Hall–Kier alpha value is -0.550. The second-order valence-electron chi connectivity index (χ2n) is 5.52. The first-order valence-electron chi connectivity index (χ1n) is 7.09. The van der Waals surface area contributed by atoms with Gasteiger partial charge in [-0.3, -0.25) is 4.79 Å². The highest BCUT2D eigenvalue weighted by atomic mass is 35.5. The minimum atomic E-state index is -0.544. The van der Waals surface area contributed by atoms with Gasteiger partial charge in [-0.1, -0.05) is 29.6 Å². The predicted molar refractivity (Wildman–Crippen MR) is 90.1 cm³/mol. The molecule has 1 amide bonds. The van der Waals surface area contributed by atoms with E-state index in [1.807, 2.05) is 0 Å². The number of halogens is 4. The number of nitrogens with one attached hydrogen (secondary N) is 1. The third-order valence-corrected chi connectivity index (χ3v) is 4.88. The lowest BCUT2D eigenvalue weighted by Gasteiger charge is -2.22. The Kier molecular flexibility index (Phi) is 7.39. The maximum absolute atomic E-state index is 13.6. The van der Waals surface area contributed by atoms with E-state index in [9.17, 15) is 9.18 Å². The summed E-state index contributed by atoms with van der Waals surface area (Å²) in [4.78, 5) is 12.4. The predicted octanol–water partition coefficient (Wildman–Crippen LogP) is 4.11. The molecule has 1 aromatic rings. The van der Waals surface area contributed by atoms with E-state index in [2.05, 4.69) is 5.32 Å². The van der Waals surface area contributed by atoms with Crippen LogP contribution in [0.15, 0.2) is 12.1 Å². The van der Waals surface area contributed by atoms with E-state index >= 15 is 0 Å². The SMILES string of the molecule is CC(NC(=O)[C@@H]1CCC[C@@H]1CN)c1c(Cl)ccc(F)c1Cl.Cl. The van der Waals surface area contributed by atoms with Crippen LogP contribution >= 0.6 is 35.6 Å². The van der Waals surface area contributed by atoms with Crippen LogP contribution in [0.1, 0.15) is 37.8 Å². The summed E-state index contributed by atoms with van der Waals surface area (Å²) in [6.07, 6.45) is 2.82. The van der Waals surface area contributed by atoms with Gasteiger partial charge in [-0.15, -0.1) is 12.4 Å². The molecule has 1 aliphatic rings. The van der Waals surface area contributed by atoms with Crippen molar-refractivity contribution in [3.05, 3.63) is 33.6 Å². The average Bonchev–Trinajstić information content (AvgIpc) is 2.91. The standard InChI is InChI=1S/C15H19Cl2FN2O.ClH/c1-8(13-11(16)5-6-12(18)14(13)17)20-15(21)10-4-2-3-9(10)7-19;/h5-6,8-10H,2-4,7,19H2,1H3,(H,20,21);1H/t8?,9-,10-;/m1./s1. The number of benzene rings is 1. The molecular weight excluding hydrogens is 350 g/mol. The molecule has 0 heterocycles. The fourth-order valence-electron chi connectivity index (χ4n) is 3.00. The van der Waals surface area contributed by atoms with E-state index in [-0.39, 0.29) is 35.2 Å². The molecule has 0 saturated heterocycles. The lowest BCUT2D eigenvalue weighted by molar-refractivity contribution is -0.126. The van der Waals surface area contributed by atoms with Crippen LogP contribution in [0.3, 0.4) is 0 Å². The van der Waals surface area contributed by atoms with Crippen molar-refractivity contribution < 1.29 is 9.18 Å². The van der Waals surface area contributed by atoms with Gasteiger partial charge in [-0.2, -0.15) is 0 Å². The van der Waals surface area contributed by atoms with Crippen molar-refractivity contribution in [1.29, 1.82) is 0 Å². The summed E-state index contributed by atoms with van der Waals surface area (Å²) < 4.78 is 13.6. The molecule has 1 saturated carbocycles. The molecule has 0 aromatic heterocycles. The van der Waals surface area contributed by atoms with Crippen LogP contribution < -0.4 is 11.1 Å². The maximum atomic E-state index is 13.6. The molecule has 1 aliphatic carbocycles. The summed E-state index contributed by atoms with van der Waals surface area (Å²) in [5, 5.41) is 3.18. The van der Waals surface area contributed by atoms with Gasteiger partial charge in [0.15, 0.2) is 0 Å². The zero-order valence-electron chi connectivity index (χ0n) is 12.2. The zero-order valence-corrected chi connectivity index (χ0v) is 14.6. The van der Waals surface area contributed by atoms with E-state index in [1.165, 1.54) is 12.1 Å². The highest BCUT2D eigenvalue weighted by molar-refractivity contribution is 6.36. The smallest absolute Gasteiger partial charge is 0.223 e. The fraction of sp³-hybridized carbons (Fsp3) is 0.533.